The molecule has 1 N–H and O–H groups in total. The average molecular weight is 357 g/mol. The van der Waals surface area contributed by atoms with Gasteiger partial charge >= 0.3 is 0 Å². The van der Waals surface area contributed by atoms with Gasteiger partial charge in [0, 0.05) is 18.3 Å². The molecule has 0 aliphatic rings. The Labute approximate surface area is 149 Å². The van der Waals surface area contributed by atoms with Crippen LogP contribution in [0.25, 0.3) is 5.65 Å². The lowest BCUT2D eigenvalue weighted by atomic mass is 10.2. The minimum Gasteiger partial charge on any atom is -0.497 e. The van der Waals surface area contributed by atoms with Crippen LogP contribution >= 0.6 is 11.8 Å². The molecule has 1 aromatic carbocycles. The van der Waals surface area contributed by atoms with Crippen molar-refractivity contribution in [2.75, 3.05) is 12.9 Å². The molecule has 2 aromatic heterocycles. The summed E-state index contributed by atoms with van der Waals surface area (Å²) < 4.78 is 7.03. The van der Waals surface area contributed by atoms with Crippen molar-refractivity contribution in [2.24, 2.45) is 0 Å². The Balaban J connectivity index is 1.59. The van der Waals surface area contributed by atoms with Crippen LogP contribution in [0.4, 0.5) is 0 Å². The highest BCUT2D eigenvalue weighted by Crippen LogP contribution is 2.18. The molecule has 25 heavy (non-hydrogen) atoms. The van der Waals surface area contributed by atoms with Crippen LogP contribution in [0, 0.1) is 13.8 Å². The maximum atomic E-state index is 12.1. The first kappa shape index (κ1) is 17.2. The summed E-state index contributed by atoms with van der Waals surface area (Å²) in [4.78, 5) is 16.5. The lowest BCUT2D eigenvalue weighted by Crippen LogP contribution is -2.24. The van der Waals surface area contributed by atoms with E-state index in [9.17, 15) is 4.79 Å². The second-order valence-corrected chi connectivity index (χ2v) is 6.48. The number of hydrogen-bond acceptors (Lipinski definition) is 6. The van der Waals surface area contributed by atoms with Gasteiger partial charge < -0.3 is 10.1 Å². The Morgan fingerprint density at radius 1 is 1.28 bits per heavy atom. The number of hydrogen-bond donors (Lipinski definition) is 1. The fourth-order valence-corrected chi connectivity index (χ4v) is 3.28. The summed E-state index contributed by atoms with van der Waals surface area (Å²) in [5.41, 5.74) is 2.62. The number of nitrogens with zero attached hydrogens (tertiary/aromatic N) is 4. The fourth-order valence-electron chi connectivity index (χ4n) is 2.46. The van der Waals surface area contributed by atoms with E-state index in [1.165, 1.54) is 11.8 Å². The Hall–Kier alpha value is -2.61. The third-order valence-corrected chi connectivity index (χ3v) is 4.54. The SMILES string of the molecule is COc1cccc(CNC(=O)CSc2nnc3cc(C)nc(C)n23)c1. The molecule has 0 atom stereocenters. The van der Waals surface area contributed by atoms with Crippen molar-refractivity contribution in [1.82, 2.24) is 24.9 Å². The Morgan fingerprint density at radius 3 is 2.92 bits per heavy atom. The number of nitrogens with one attached hydrogen (secondary N) is 1. The van der Waals surface area contributed by atoms with E-state index in [0.717, 1.165) is 28.5 Å². The van der Waals surface area contributed by atoms with Gasteiger partial charge in [0.05, 0.1) is 12.9 Å². The number of carbonyl (C=O) groups excluding carboxylic acids is 1. The molecule has 1 amide bonds. The van der Waals surface area contributed by atoms with Crippen molar-refractivity contribution < 1.29 is 9.53 Å². The third kappa shape index (κ3) is 4.08. The quantitative estimate of drug-likeness (QED) is 0.681. The average Bonchev–Trinajstić information content (AvgIpc) is 3.01. The first-order valence-corrected chi connectivity index (χ1v) is 8.77. The predicted molar refractivity (Wildman–Crippen MR) is 95.8 cm³/mol. The van der Waals surface area contributed by atoms with Crippen molar-refractivity contribution in [1.29, 1.82) is 0 Å². The van der Waals surface area contributed by atoms with Gasteiger partial charge in [0.2, 0.25) is 5.91 Å². The van der Waals surface area contributed by atoms with Crippen LogP contribution in [-0.2, 0) is 11.3 Å². The standard InChI is InChI=1S/C17H19N5O2S/c1-11-7-15-20-21-17(22(15)12(2)19-11)25-10-16(23)18-9-13-5-4-6-14(8-13)24-3/h4-8H,9-10H2,1-3H3,(H,18,23). The van der Waals surface area contributed by atoms with Crippen molar-refractivity contribution in [2.45, 2.75) is 25.5 Å². The van der Waals surface area contributed by atoms with Gasteiger partial charge in [-0.2, -0.15) is 0 Å². The Morgan fingerprint density at radius 2 is 2.12 bits per heavy atom. The van der Waals surface area contributed by atoms with Crippen molar-refractivity contribution in [3.05, 3.63) is 47.4 Å². The number of thioether (sulfide) groups is 1. The van der Waals surface area contributed by atoms with E-state index in [1.807, 2.05) is 48.6 Å². The monoisotopic (exact) mass is 357 g/mol. The van der Waals surface area contributed by atoms with E-state index in [4.69, 9.17) is 4.74 Å². The minimum absolute atomic E-state index is 0.0673. The summed E-state index contributed by atoms with van der Waals surface area (Å²) >= 11 is 1.34. The summed E-state index contributed by atoms with van der Waals surface area (Å²) in [6.07, 6.45) is 0. The number of benzene rings is 1. The molecule has 0 unspecified atom stereocenters. The van der Waals surface area contributed by atoms with Crippen molar-refractivity contribution in [3.63, 3.8) is 0 Å². The molecule has 0 saturated heterocycles. The van der Waals surface area contributed by atoms with E-state index in [2.05, 4.69) is 20.5 Å². The van der Waals surface area contributed by atoms with Crippen LogP contribution in [0.1, 0.15) is 17.1 Å². The minimum atomic E-state index is -0.0673. The molecule has 0 aliphatic carbocycles. The molecular formula is C17H19N5O2S. The van der Waals surface area contributed by atoms with Gasteiger partial charge in [-0.1, -0.05) is 23.9 Å². The first-order valence-electron chi connectivity index (χ1n) is 7.78. The second kappa shape index (κ2) is 7.52. The molecule has 0 fully saturated rings. The Bertz CT molecular complexity index is 909. The normalized spacial score (nSPS) is 10.8. The summed E-state index contributed by atoms with van der Waals surface area (Å²) in [6.45, 7) is 4.27. The highest BCUT2D eigenvalue weighted by atomic mass is 32.2. The lowest BCUT2D eigenvalue weighted by molar-refractivity contribution is -0.118. The molecule has 0 saturated carbocycles. The largest absolute Gasteiger partial charge is 0.497 e. The number of carbonyl (C=O) groups is 1. The van der Waals surface area contributed by atoms with Gasteiger partial charge in [-0.25, -0.2) is 4.98 Å². The lowest BCUT2D eigenvalue weighted by Gasteiger charge is -2.07. The molecule has 7 nitrogen and oxygen atoms in total. The van der Waals surface area contributed by atoms with Gasteiger partial charge in [0.1, 0.15) is 11.6 Å². The highest BCUT2D eigenvalue weighted by Gasteiger charge is 2.12. The topological polar surface area (TPSA) is 81.4 Å². The van der Waals surface area contributed by atoms with Gasteiger partial charge in [-0.05, 0) is 31.5 Å². The van der Waals surface area contributed by atoms with Crippen LogP contribution in [0.5, 0.6) is 5.75 Å². The number of rotatable bonds is 6. The van der Waals surface area contributed by atoms with Gasteiger partial charge in [0.25, 0.3) is 0 Å². The third-order valence-electron chi connectivity index (χ3n) is 3.61. The first-order chi connectivity index (χ1) is 12.1. The second-order valence-electron chi connectivity index (χ2n) is 5.54. The molecule has 8 heteroatoms. The van der Waals surface area contributed by atoms with Crippen LogP contribution < -0.4 is 10.1 Å². The van der Waals surface area contributed by atoms with Gasteiger partial charge in [-0.15, -0.1) is 10.2 Å². The zero-order valence-corrected chi connectivity index (χ0v) is 15.1. The molecule has 3 aromatic rings. The number of fused-ring (bicyclic) bond motifs is 1. The van der Waals surface area contributed by atoms with E-state index >= 15 is 0 Å². The summed E-state index contributed by atoms with van der Waals surface area (Å²) in [5.74, 6) is 1.77. The molecule has 2 heterocycles. The van der Waals surface area contributed by atoms with Crippen LogP contribution in [0.3, 0.4) is 0 Å². The molecule has 0 aliphatic heterocycles. The van der Waals surface area contributed by atoms with Crippen molar-refractivity contribution >= 4 is 23.3 Å². The molecule has 0 radical (unpaired) electrons. The van der Waals surface area contributed by atoms with Gasteiger partial charge in [0.15, 0.2) is 10.8 Å². The Kier molecular flexibility index (Phi) is 5.18. The van der Waals surface area contributed by atoms with E-state index in [0.29, 0.717) is 11.7 Å². The number of methoxy groups -OCH3 is 1. The summed E-state index contributed by atoms with van der Waals surface area (Å²) in [7, 11) is 1.62. The molecule has 0 bridgehead atoms. The van der Waals surface area contributed by atoms with Gasteiger partial charge in [-0.3, -0.25) is 9.20 Å². The zero-order valence-electron chi connectivity index (χ0n) is 14.3. The number of ether oxygens (including phenoxy) is 1. The summed E-state index contributed by atoms with van der Waals surface area (Å²) in [5, 5.41) is 11.8. The molecule has 0 spiro atoms. The fraction of sp³-hybridized carbons (Fsp3) is 0.294. The molecule has 3 rings (SSSR count). The number of amides is 1. The highest BCUT2D eigenvalue weighted by molar-refractivity contribution is 7.99. The smallest absolute Gasteiger partial charge is 0.230 e. The molecule has 130 valence electrons. The van der Waals surface area contributed by atoms with Crippen LogP contribution in [0.2, 0.25) is 0 Å². The van der Waals surface area contributed by atoms with E-state index in [-0.39, 0.29) is 11.7 Å². The van der Waals surface area contributed by atoms with E-state index < -0.39 is 0 Å². The van der Waals surface area contributed by atoms with Crippen LogP contribution in [-0.4, -0.2) is 38.4 Å². The maximum Gasteiger partial charge on any atom is 0.230 e. The maximum absolute atomic E-state index is 12.1. The number of aryl methyl sites for hydroxylation is 2. The number of aromatic nitrogens is 4. The van der Waals surface area contributed by atoms with Crippen molar-refractivity contribution in [3.8, 4) is 5.75 Å². The predicted octanol–water partition coefficient (Wildman–Crippen LogP) is 2.16. The molecular weight excluding hydrogens is 338 g/mol. The van der Waals surface area contributed by atoms with Crippen LogP contribution in [0.15, 0.2) is 35.5 Å². The van der Waals surface area contributed by atoms with E-state index in [1.54, 1.807) is 7.11 Å². The zero-order chi connectivity index (χ0) is 17.8. The summed E-state index contributed by atoms with van der Waals surface area (Å²) in [6, 6.07) is 9.48.